The molecule has 63 heavy (non-hydrogen) atoms. The second kappa shape index (κ2) is 13.5. The van der Waals surface area contributed by atoms with Crippen molar-refractivity contribution in [3.63, 3.8) is 0 Å². The Kier molecular flexibility index (Phi) is 7.69. The predicted octanol–water partition coefficient (Wildman–Crippen LogP) is 9.72. The Morgan fingerprint density at radius 2 is 1.02 bits per heavy atom. The lowest BCUT2D eigenvalue weighted by Crippen LogP contribution is -2.87. The predicted molar refractivity (Wildman–Crippen MR) is 264 cm³/mol. The van der Waals surface area contributed by atoms with Crippen LogP contribution in [0.5, 0.6) is 11.5 Å². The maximum atomic E-state index is 7.39. The van der Waals surface area contributed by atoms with Crippen LogP contribution in [0.25, 0.3) is 0 Å². The second-order valence-electron chi connectivity index (χ2n) is 19.4. The molecule has 4 aliphatic carbocycles. The Morgan fingerprint density at radius 1 is 0.476 bits per heavy atom. The molecule has 8 aromatic rings. The summed E-state index contributed by atoms with van der Waals surface area (Å²) in [6.45, 7) is 0.0210. The number of hydrogen-bond acceptors (Lipinski definition) is 3. The van der Waals surface area contributed by atoms with Crippen molar-refractivity contribution in [1.82, 2.24) is 0 Å². The fraction of sp³-hybridized carbons (Fsp3) is 0.172. The molecule has 0 N–H and O–H groups in total. The van der Waals surface area contributed by atoms with Gasteiger partial charge in [-0.05, 0) is 159 Å². The summed E-state index contributed by atoms with van der Waals surface area (Å²) in [6, 6.07) is 73.3. The Bertz CT molecular complexity index is 2970. The maximum absolute atomic E-state index is 7.39. The van der Waals surface area contributed by atoms with Crippen LogP contribution in [0, 0.1) is 17.8 Å². The first-order valence-electron chi connectivity index (χ1n) is 23.2. The minimum atomic E-state index is -2.87. The quantitative estimate of drug-likeness (QED) is 0.149. The zero-order valence-electron chi connectivity index (χ0n) is 35.3. The molecule has 0 aromatic heterocycles. The molecule has 8 aromatic carbocycles. The van der Waals surface area contributed by atoms with Gasteiger partial charge in [0.15, 0.2) is 8.07 Å². The van der Waals surface area contributed by atoms with E-state index in [9.17, 15) is 0 Å². The minimum Gasteiger partial charge on any atom is -0.458 e. The Labute approximate surface area is 371 Å². The lowest BCUT2D eigenvalue weighted by Gasteiger charge is -2.57. The van der Waals surface area contributed by atoms with E-state index < -0.39 is 8.07 Å². The molecule has 0 spiro atoms. The molecule has 302 valence electrons. The summed E-state index contributed by atoms with van der Waals surface area (Å²) >= 11 is 0. The summed E-state index contributed by atoms with van der Waals surface area (Å²) in [5, 5.41) is 5.70. The van der Waals surface area contributed by atoms with Gasteiger partial charge in [0.05, 0.1) is 5.69 Å². The number of benzene rings is 8. The van der Waals surface area contributed by atoms with Gasteiger partial charge < -0.3 is 14.5 Å². The highest BCUT2D eigenvalue weighted by molar-refractivity contribution is 7.27. The fourth-order valence-electron chi connectivity index (χ4n) is 14.2. The number of para-hydroxylation sites is 2. The molecule has 0 saturated heterocycles. The molecule has 3 heterocycles. The molecule has 0 amide bonds. The van der Waals surface area contributed by atoms with Gasteiger partial charge in [0.1, 0.15) is 11.5 Å². The third kappa shape index (κ3) is 5.09. The van der Waals surface area contributed by atoms with Crippen molar-refractivity contribution in [2.75, 3.05) is 9.80 Å². The smallest absolute Gasteiger partial charge is 0.256 e. The first-order valence-corrected chi connectivity index (χ1v) is 25.2. The topological polar surface area (TPSA) is 15.7 Å². The maximum Gasteiger partial charge on any atom is 0.256 e. The van der Waals surface area contributed by atoms with E-state index in [2.05, 4.69) is 204 Å². The Balaban J connectivity index is 1.04. The van der Waals surface area contributed by atoms with Gasteiger partial charge in [-0.1, -0.05) is 133 Å². The number of nitrogens with zero attached hydrogens (tertiary/aromatic N) is 2. The molecule has 4 bridgehead atoms. The van der Waals surface area contributed by atoms with Gasteiger partial charge in [-0.2, -0.15) is 0 Å². The van der Waals surface area contributed by atoms with Crippen molar-refractivity contribution in [1.29, 1.82) is 0 Å². The van der Waals surface area contributed by atoms with Gasteiger partial charge in [-0.3, -0.25) is 0 Å². The zero-order valence-corrected chi connectivity index (χ0v) is 36.3. The van der Waals surface area contributed by atoms with Crippen molar-refractivity contribution in [2.45, 2.75) is 43.9 Å². The highest BCUT2D eigenvalue weighted by Gasteiger charge is 2.56. The van der Waals surface area contributed by atoms with E-state index in [1.807, 2.05) is 0 Å². The van der Waals surface area contributed by atoms with Gasteiger partial charge in [-0.25, -0.2) is 0 Å². The van der Waals surface area contributed by atoms with Crippen LogP contribution < -0.4 is 51.7 Å². The van der Waals surface area contributed by atoms with Gasteiger partial charge in [-0.15, -0.1) is 0 Å². The molecule has 4 saturated carbocycles. The highest BCUT2D eigenvalue weighted by atomic mass is 28.3. The van der Waals surface area contributed by atoms with Crippen LogP contribution >= 0.6 is 0 Å². The van der Waals surface area contributed by atoms with E-state index in [-0.39, 0.29) is 6.71 Å². The van der Waals surface area contributed by atoms with Crippen LogP contribution in [-0.2, 0) is 5.41 Å². The summed E-state index contributed by atoms with van der Waals surface area (Å²) < 4.78 is 7.39. The van der Waals surface area contributed by atoms with Crippen LogP contribution in [0.1, 0.15) is 44.1 Å². The van der Waals surface area contributed by atoms with E-state index in [1.54, 1.807) is 5.56 Å². The lowest BCUT2D eigenvalue weighted by atomic mass is 9.34. The van der Waals surface area contributed by atoms with Gasteiger partial charge in [0.25, 0.3) is 6.71 Å². The third-order valence-electron chi connectivity index (χ3n) is 16.1. The van der Waals surface area contributed by atoms with Crippen molar-refractivity contribution < 1.29 is 4.74 Å². The zero-order chi connectivity index (χ0) is 41.3. The summed E-state index contributed by atoms with van der Waals surface area (Å²) in [6.07, 6.45) is 8.47. The number of hydrogen-bond donors (Lipinski definition) is 0. The summed E-state index contributed by atoms with van der Waals surface area (Å²) in [4.78, 5) is 4.99. The van der Waals surface area contributed by atoms with Crippen LogP contribution in [0.2, 0.25) is 0 Å². The van der Waals surface area contributed by atoms with E-state index in [0.29, 0.717) is 5.41 Å². The van der Waals surface area contributed by atoms with E-state index in [1.165, 1.54) is 92.7 Å². The first-order chi connectivity index (χ1) is 31.2. The number of ether oxygens (including phenoxy) is 1. The van der Waals surface area contributed by atoms with Gasteiger partial charge in [0.2, 0.25) is 0 Å². The largest absolute Gasteiger partial charge is 0.458 e. The minimum absolute atomic E-state index is 0.0210. The van der Waals surface area contributed by atoms with E-state index in [4.69, 9.17) is 4.74 Å². The molecular weight excluding hydrogens is 780 g/mol. The van der Waals surface area contributed by atoms with Crippen molar-refractivity contribution in [3.05, 3.63) is 200 Å². The normalized spacial score (nSPS) is 22.3. The first kappa shape index (κ1) is 36.0. The molecule has 4 fully saturated rings. The molecule has 3 aliphatic heterocycles. The van der Waals surface area contributed by atoms with Gasteiger partial charge in [0, 0.05) is 34.5 Å². The van der Waals surface area contributed by atoms with Crippen molar-refractivity contribution in [3.8, 4) is 11.5 Å². The molecular formula is C58H47BN2OSi. The Hall–Kier alpha value is -6.56. The molecule has 5 heteroatoms. The highest BCUT2D eigenvalue weighted by Crippen LogP contribution is 2.61. The van der Waals surface area contributed by atoms with Crippen LogP contribution in [0.3, 0.4) is 0 Å². The molecule has 0 atom stereocenters. The van der Waals surface area contributed by atoms with Gasteiger partial charge >= 0.3 is 0 Å². The standard InChI is InChI=1S/C58H47BN2OSi/c1-5-15-43(16-6-1)60(44-17-7-2-8-18-44)46-34-50-55-52(35-46)62-51-24-14-26-54-57(51)59(55)56-49(23-13-25-53(56)63(54,47-19-9-3-10-20-47)48-21-11-4-12-22-48)61(50)45-29-27-42(28-30-45)58-36-39-31-40(37-58)33-41(32-39)38-58/h1-30,34-35,39-41H,31-33,36-38H2. The number of rotatable bonds is 7. The van der Waals surface area contributed by atoms with Crippen LogP contribution in [0.4, 0.5) is 34.1 Å². The molecule has 0 unspecified atom stereocenters. The molecule has 3 nitrogen and oxygen atoms in total. The third-order valence-corrected chi connectivity index (χ3v) is 21.0. The average molecular weight is 827 g/mol. The molecule has 15 rings (SSSR count). The van der Waals surface area contributed by atoms with Crippen LogP contribution in [-0.4, -0.2) is 14.8 Å². The summed E-state index contributed by atoms with van der Waals surface area (Å²) in [5.74, 6) is 4.62. The lowest BCUT2D eigenvalue weighted by molar-refractivity contribution is -0.00518. The fourth-order valence-corrected chi connectivity index (χ4v) is 19.5. The SMILES string of the molecule is c1ccc(N(c2ccccc2)c2cc3c4c(c2)N(c2ccc(C56CC7CC(CC(C7)C5)C6)cc2)c2cccc5c2B4c2c(cccc2[Si]5(c2ccccc2)c2ccccc2)O3)cc1. The van der Waals surface area contributed by atoms with E-state index in [0.717, 1.165) is 46.3 Å². The Morgan fingerprint density at radius 3 is 1.60 bits per heavy atom. The summed E-state index contributed by atoms with van der Waals surface area (Å²) in [7, 11) is -2.87. The van der Waals surface area contributed by atoms with E-state index >= 15 is 0 Å². The molecule has 0 radical (unpaired) electrons. The average Bonchev–Trinajstić information content (AvgIpc) is 3.33. The van der Waals surface area contributed by atoms with Crippen molar-refractivity contribution in [2.24, 2.45) is 17.8 Å². The monoisotopic (exact) mass is 826 g/mol. The number of anilines is 6. The van der Waals surface area contributed by atoms with Crippen molar-refractivity contribution >= 4 is 86.0 Å². The summed E-state index contributed by atoms with van der Waals surface area (Å²) in [5.41, 5.74) is 12.9. The molecule has 7 aliphatic rings. The van der Waals surface area contributed by atoms with Crippen LogP contribution in [0.15, 0.2) is 194 Å². The second-order valence-corrected chi connectivity index (χ2v) is 23.2.